The molecule has 0 amide bonds. The van der Waals surface area contributed by atoms with Gasteiger partial charge in [-0.2, -0.15) is 13.2 Å². The van der Waals surface area contributed by atoms with E-state index in [2.05, 4.69) is 4.98 Å². The largest absolute Gasteiger partial charge is 0.418 e. The third-order valence-corrected chi connectivity index (χ3v) is 5.58. The Bertz CT molecular complexity index is 929. The summed E-state index contributed by atoms with van der Waals surface area (Å²) < 4.78 is 48.2. The minimum atomic E-state index is -4.50. The highest BCUT2D eigenvalue weighted by Gasteiger charge is 2.50. The van der Waals surface area contributed by atoms with Crippen LogP contribution in [0.3, 0.4) is 0 Å². The number of fused-ring (bicyclic) bond motifs is 1. The number of alkyl halides is 3. The second-order valence-corrected chi connectivity index (χ2v) is 7.49. The number of hydrogen-bond donors (Lipinski definition) is 1. The molecular weight excluding hydrogens is 401 g/mol. The van der Waals surface area contributed by atoms with Crippen molar-refractivity contribution >= 4 is 11.8 Å². The molecule has 0 aliphatic carbocycles. The summed E-state index contributed by atoms with van der Waals surface area (Å²) in [5, 5.41) is 10.6. The average molecular weight is 425 g/mol. The number of aromatic amines is 1. The van der Waals surface area contributed by atoms with Crippen molar-refractivity contribution in [2.75, 3.05) is 42.6 Å². The van der Waals surface area contributed by atoms with E-state index in [1.807, 2.05) is 4.90 Å². The zero-order chi connectivity index (χ0) is 21.3. The Morgan fingerprint density at radius 1 is 1.17 bits per heavy atom. The highest BCUT2D eigenvalue weighted by atomic mass is 19.4. The lowest BCUT2D eigenvalue weighted by Gasteiger charge is -2.36. The number of benzene rings is 1. The standard InChI is InChI=1S/C20H23F3N4O3/c21-20(22,23)16-6-7-26-18(29)12-17(25-8-10-30-11-9-25)24-19(26)27(16)13-15(28)14-4-2-1-3-5-14/h1-5,12,15-16,28H,6-11,13H2/p+1/t15-,16-/m0/s1. The average Bonchev–Trinajstić information content (AvgIpc) is 2.74. The number of hydrogen-bond acceptors (Lipinski definition) is 5. The SMILES string of the molecule is O=c1cc(N2CCOCC2)[nH+]c2n1CC[C@@H](C(F)(F)F)N2C[C@H](O)c1ccccc1. The summed E-state index contributed by atoms with van der Waals surface area (Å²) in [5.74, 6) is 0.518. The van der Waals surface area contributed by atoms with Gasteiger partial charge in [-0.15, -0.1) is 0 Å². The van der Waals surface area contributed by atoms with Crippen molar-refractivity contribution < 1.29 is 28.0 Å². The number of H-pyrrole nitrogens is 1. The molecule has 0 spiro atoms. The van der Waals surface area contributed by atoms with E-state index in [4.69, 9.17) is 4.74 Å². The summed E-state index contributed by atoms with van der Waals surface area (Å²) in [5.41, 5.74) is 0.146. The zero-order valence-electron chi connectivity index (χ0n) is 16.3. The molecule has 0 radical (unpaired) electrons. The lowest BCUT2D eigenvalue weighted by molar-refractivity contribution is -0.361. The highest BCUT2D eigenvalue weighted by molar-refractivity contribution is 5.39. The van der Waals surface area contributed by atoms with E-state index in [1.54, 1.807) is 30.3 Å². The van der Waals surface area contributed by atoms with E-state index in [-0.39, 0.29) is 31.0 Å². The number of morpholine rings is 1. The smallest absolute Gasteiger partial charge is 0.385 e. The Hall–Kier alpha value is -2.59. The number of nitrogens with zero attached hydrogens (tertiary/aromatic N) is 3. The molecule has 4 rings (SSSR count). The summed E-state index contributed by atoms with van der Waals surface area (Å²) in [6.45, 7) is 1.69. The predicted octanol–water partition coefficient (Wildman–Crippen LogP) is 1.37. The minimum Gasteiger partial charge on any atom is -0.385 e. The van der Waals surface area contributed by atoms with Gasteiger partial charge in [0.1, 0.15) is 6.10 Å². The Balaban J connectivity index is 1.73. The van der Waals surface area contributed by atoms with Crippen LogP contribution in [-0.4, -0.2) is 54.7 Å². The fraction of sp³-hybridized carbons (Fsp3) is 0.500. The first kappa shape index (κ1) is 20.7. The van der Waals surface area contributed by atoms with Crippen LogP contribution in [-0.2, 0) is 11.3 Å². The summed E-state index contributed by atoms with van der Waals surface area (Å²) >= 11 is 0. The summed E-state index contributed by atoms with van der Waals surface area (Å²) in [7, 11) is 0. The normalized spacial score (nSPS) is 20.7. The van der Waals surface area contributed by atoms with Gasteiger partial charge in [-0.1, -0.05) is 30.3 Å². The zero-order valence-corrected chi connectivity index (χ0v) is 16.3. The molecule has 0 unspecified atom stereocenters. The molecule has 1 aromatic carbocycles. The molecule has 0 bridgehead atoms. The summed E-state index contributed by atoms with van der Waals surface area (Å²) in [6, 6.07) is 8.15. The van der Waals surface area contributed by atoms with E-state index in [0.29, 0.717) is 37.7 Å². The second-order valence-electron chi connectivity index (χ2n) is 7.49. The first-order chi connectivity index (χ1) is 14.3. The van der Waals surface area contributed by atoms with Gasteiger partial charge in [0.2, 0.25) is 5.82 Å². The van der Waals surface area contributed by atoms with Crippen LogP contribution < -0.4 is 20.3 Å². The van der Waals surface area contributed by atoms with Crippen molar-refractivity contribution in [3.8, 4) is 0 Å². The summed E-state index contributed by atoms with van der Waals surface area (Å²) in [4.78, 5) is 18.7. The van der Waals surface area contributed by atoms with E-state index in [0.717, 1.165) is 4.90 Å². The number of β-amino-alcohol motifs (C(OH)–C–C–N with tert-alkyl or cyclic N) is 1. The molecule has 7 nitrogen and oxygen atoms in total. The van der Waals surface area contributed by atoms with Gasteiger partial charge in [-0.25, -0.2) is 9.55 Å². The van der Waals surface area contributed by atoms with Gasteiger partial charge in [0.15, 0.2) is 6.04 Å². The maximum atomic E-state index is 13.8. The first-order valence-electron chi connectivity index (χ1n) is 9.91. The number of anilines is 2. The van der Waals surface area contributed by atoms with Gasteiger partial charge < -0.3 is 14.7 Å². The second kappa shape index (κ2) is 8.27. The van der Waals surface area contributed by atoms with Crippen LogP contribution in [0.25, 0.3) is 0 Å². The van der Waals surface area contributed by atoms with E-state index in [1.165, 1.54) is 10.6 Å². The maximum Gasteiger partial charge on any atom is 0.418 e. The van der Waals surface area contributed by atoms with Gasteiger partial charge in [-0.3, -0.25) is 9.69 Å². The number of aliphatic hydroxyl groups excluding tert-OH is 1. The third kappa shape index (κ3) is 4.15. The Morgan fingerprint density at radius 3 is 2.53 bits per heavy atom. The van der Waals surface area contributed by atoms with E-state index >= 15 is 0 Å². The minimum absolute atomic E-state index is 0.0455. The fourth-order valence-electron chi connectivity index (χ4n) is 4.01. The predicted molar refractivity (Wildman–Crippen MR) is 103 cm³/mol. The van der Waals surface area contributed by atoms with Gasteiger partial charge >= 0.3 is 17.7 Å². The van der Waals surface area contributed by atoms with Crippen molar-refractivity contribution in [2.45, 2.75) is 31.3 Å². The molecule has 1 aromatic heterocycles. The number of rotatable bonds is 4. The molecule has 162 valence electrons. The Morgan fingerprint density at radius 2 is 1.87 bits per heavy atom. The molecule has 1 fully saturated rings. The van der Waals surface area contributed by atoms with E-state index < -0.39 is 18.3 Å². The number of nitrogens with one attached hydrogen (secondary N) is 1. The Kier molecular flexibility index (Phi) is 5.70. The molecule has 0 saturated carbocycles. The van der Waals surface area contributed by atoms with Crippen LogP contribution in [0.1, 0.15) is 18.1 Å². The van der Waals surface area contributed by atoms with Crippen molar-refractivity contribution in [1.82, 2.24) is 4.57 Å². The van der Waals surface area contributed by atoms with Crippen molar-refractivity contribution in [3.05, 3.63) is 52.3 Å². The summed E-state index contributed by atoms with van der Waals surface area (Å²) in [6.07, 6.45) is -5.90. The van der Waals surface area contributed by atoms with Gasteiger partial charge in [0.25, 0.3) is 0 Å². The molecule has 3 heterocycles. The quantitative estimate of drug-likeness (QED) is 0.801. The molecular formula is C20H24F3N4O3+. The number of halogens is 3. The molecule has 2 aliphatic rings. The van der Waals surface area contributed by atoms with Crippen LogP contribution in [0.15, 0.2) is 41.2 Å². The number of aliphatic hydroxyl groups is 1. The molecule has 2 aliphatic heterocycles. The van der Waals surface area contributed by atoms with Gasteiger partial charge in [-0.05, 0) is 5.56 Å². The molecule has 30 heavy (non-hydrogen) atoms. The topological polar surface area (TPSA) is 72.1 Å². The van der Waals surface area contributed by atoms with Crippen molar-refractivity contribution in [3.63, 3.8) is 0 Å². The molecule has 2 atom stereocenters. The number of ether oxygens (including phenoxy) is 1. The Labute approximate surface area is 171 Å². The third-order valence-electron chi connectivity index (χ3n) is 5.58. The lowest BCUT2D eigenvalue weighted by Crippen LogP contribution is -2.56. The van der Waals surface area contributed by atoms with Crippen molar-refractivity contribution in [2.24, 2.45) is 0 Å². The van der Waals surface area contributed by atoms with Crippen LogP contribution >= 0.6 is 0 Å². The van der Waals surface area contributed by atoms with E-state index in [9.17, 15) is 23.1 Å². The van der Waals surface area contributed by atoms with Crippen LogP contribution in [0, 0.1) is 0 Å². The highest BCUT2D eigenvalue weighted by Crippen LogP contribution is 2.34. The molecule has 2 aromatic rings. The molecule has 1 saturated heterocycles. The maximum absolute atomic E-state index is 13.8. The molecule has 10 heteroatoms. The lowest BCUT2D eigenvalue weighted by atomic mass is 10.1. The van der Waals surface area contributed by atoms with Crippen molar-refractivity contribution in [1.29, 1.82) is 0 Å². The van der Waals surface area contributed by atoms with Crippen LogP contribution in [0.2, 0.25) is 0 Å². The monoisotopic (exact) mass is 425 g/mol. The number of aromatic nitrogens is 2. The fourth-order valence-corrected chi connectivity index (χ4v) is 4.01. The molecule has 2 N–H and O–H groups in total. The van der Waals surface area contributed by atoms with Crippen LogP contribution in [0.5, 0.6) is 0 Å². The van der Waals surface area contributed by atoms with Crippen LogP contribution in [0.4, 0.5) is 24.9 Å². The van der Waals surface area contributed by atoms with Gasteiger partial charge in [0.05, 0.1) is 45.5 Å². The first-order valence-corrected chi connectivity index (χ1v) is 9.91. The van der Waals surface area contributed by atoms with Gasteiger partial charge in [0, 0.05) is 6.42 Å².